The van der Waals surface area contributed by atoms with Crippen LogP contribution in [0.3, 0.4) is 0 Å². The molecule has 2 nitrogen and oxygen atoms in total. The first-order valence-electron chi connectivity index (χ1n) is 7.05. The summed E-state index contributed by atoms with van der Waals surface area (Å²) in [5.41, 5.74) is 1.10. The van der Waals surface area contributed by atoms with Crippen molar-refractivity contribution < 1.29 is 4.39 Å². The fourth-order valence-electron chi connectivity index (χ4n) is 2.74. The van der Waals surface area contributed by atoms with Crippen molar-refractivity contribution in [3.05, 3.63) is 28.5 Å². The van der Waals surface area contributed by atoms with Gasteiger partial charge in [-0.15, -0.1) is 0 Å². The van der Waals surface area contributed by atoms with Gasteiger partial charge in [0.2, 0.25) is 0 Å². The molecule has 2 atom stereocenters. The van der Waals surface area contributed by atoms with Crippen molar-refractivity contribution >= 4 is 21.6 Å². The fourth-order valence-corrected chi connectivity index (χ4v) is 3.34. The topological polar surface area (TPSA) is 15.3 Å². The molecule has 2 unspecified atom stereocenters. The molecular weight excluding hydrogens is 307 g/mol. The van der Waals surface area contributed by atoms with Gasteiger partial charge in [-0.2, -0.15) is 0 Å². The molecule has 0 saturated carbocycles. The summed E-state index contributed by atoms with van der Waals surface area (Å²) in [7, 11) is 0. The molecule has 0 radical (unpaired) electrons. The molecule has 1 saturated heterocycles. The maximum absolute atomic E-state index is 13.1. The second-order valence-electron chi connectivity index (χ2n) is 5.37. The van der Waals surface area contributed by atoms with Gasteiger partial charge in [-0.3, -0.25) is 0 Å². The van der Waals surface area contributed by atoms with Crippen LogP contribution in [0.25, 0.3) is 0 Å². The standard InChI is InChI=1S/C15H22BrFN2/c1-3-7-18-14-6-8-19(10-11(14)2)15-5-4-12(17)9-13(15)16/h4-5,9,11,14,18H,3,6-8,10H2,1-2H3. The highest BCUT2D eigenvalue weighted by atomic mass is 79.9. The minimum absolute atomic E-state index is 0.192. The van der Waals surface area contributed by atoms with E-state index in [9.17, 15) is 4.39 Å². The number of nitrogens with zero attached hydrogens (tertiary/aromatic N) is 1. The molecule has 1 aromatic carbocycles. The first-order chi connectivity index (χ1) is 9.11. The molecule has 1 fully saturated rings. The summed E-state index contributed by atoms with van der Waals surface area (Å²) in [4.78, 5) is 2.35. The van der Waals surface area contributed by atoms with Gasteiger partial charge in [-0.25, -0.2) is 4.39 Å². The lowest BCUT2D eigenvalue weighted by Gasteiger charge is -2.39. The van der Waals surface area contributed by atoms with Crippen LogP contribution in [0.2, 0.25) is 0 Å². The zero-order valence-electron chi connectivity index (χ0n) is 11.6. The highest BCUT2D eigenvalue weighted by molar-refractivity contribution is 9.10. The first kappa shape index (κ1) is 14.8. The summed E-state index contributed by atoms with van der Waals surface area (Å²) in [6.45, 7) is 7.62. The predicted molar refractivity (Wildman–Crippen MR) is 82.2 cm³/mol. The number of halogens is 2. The van der Waals surface area contributed by atoms with Crippen molar-refractivity contribution in [3.8, 4) is 0 Å². The van der Waals surface area contributed by atoms with Crippen molar-refractivity contribution in [2.75, 3.05) is 24.5 Å². The van der Waals surface area contributed by atoms with Crippen LogP contribution in [0.4, 0.5) is 10.1 Å². The Labute approximate surface area is 123 Å². The molecule has 2 rings (SSSR count). The predicted octanol–water partition coefficient (Wildman–Crippen LogP) is 3.80. The Morgan fingerprint density at radius 3 is 2.89 bits per heavy atom. The van der Waals surface area contributed by atoms with E-state index in [0.29, 0.717) is 12.0 Å². The van der Waals surface area contributed by atoms with E-state index in [0.717, 1.165) is 36.2 Å². The van der Waals surface area contributed by atoms with Gasteiger partial charge in [-0.05, 0) is 59.4 Å². The van der Waals surface area contributed by atoms with Crippen molar-refractivity contribution in [2.24, 2.45) is 5.92 Å². The summed E-state index contributed by atoms with van der Waals surface area (Å²) in [5, 5.41) is 3.62. The maximum Gasteiger partial charge on any atom is 0.124 e. The number of hydrogen-bond donors (Lipinski definition) is 1. The van der Waals surface area contributed by atoms with Gasteiger partial charge in [0.05, 0.1) is 5.69 Å². The SMILES string of the molecule is CCCNC1CCN(c2ccc(F)cc2Br)CC1C. The average Bonchev–Trinajstić information content (AvgIpc) is 2.37. The molecule has 4 heteroatoms. The maximum atomic E-state index is 13.1. The van der Waals surface area contributed by atoms with Crippen LogP contribution in [0, 0.1) is 11.7 Å². The minimum Gasteiger partial charge on any atom is -0.370 e. The Bertz CT molecular complexity index is 425. The van der Waals surface area contributed by atoms with E-state index in [-0.39, 0.29) is 5.82 Å². The Balaban J connectivity index is 2.01. The van der Waals surface area contributed by atoms with Crippen LogP contribution in [-0.4, -0.2) is 25.7 Å². The van der Waals surface area contributed by atoms with Crippen LogP contribution in [0.5, 0.6) is 0 Å². The summed E-state index contributed by atoms with van der Waals surface area (Å²) in [6.07, 6.45) is 2.32. The molecule has 0 aromatic heterocycles. The molecule has 106 valence electrons. The number of benzene rings is 1. The van der Waals surface area contributed by atoms with Gasteiger partial charge in [0, 0.05) is 23.6 Å². The monoisotopic (exact) mass is 328 g/mol. The Morgan fingerprint density at radius 2 is 2.26 bits per heavy atom. The zero-order chi connectivity index (χ0) is 13.8. The van der Waals surface area contributed by atoms with Crippen LogP contribution < -0.4 is 10.2 Å². The smallest absolute Gasteiger partial charge is 0.124 e. The quantitative estimate of drug-likeness (QED) is 0.904. The Hall–Kier alpha value is -0.610. The van der Waals surface area contributed by atoms with Gasteiger partial charge in [0.1, 0.15) is 5.82 Å². The van der Waals surface area contributed by atoms with E-state index in [2.05, 4.69) is 40.0 Å². The van der Waals surface area contributed by atoms with Crippen molar-refractivity contribution in [3.63, 3.8) is 0 Å². The highest BCUT2D eigenvalue weighted by Crippen LogP contribution is 2.30. The third-order valence-corrected chi connectivity index (χ3v) is 4.45. The van der Waals surface area contributed by atoms with Gasteiger partial charge in [0.25, 0.3) is 0 Å². The van der Waals surface area contributed by atoms with E-state index in [1.165, 1.54) is 12.5 Å². The second-order valence-corrected chi connectivity index (χ2v) is 6.22. The van der Waals surface area contributed by atoms with E-state index < -0.39 is 0 Å². The van der Waals surface area contributed by atoms with Crippen LogP contribution in [0.1, 0.15) is 26.7 Å². The second kappa shape index (κ2) is 6.71. The number of piperidine rings is 1. The molecule has 0 bridgehead atoms. The van der Waals surface area contributed by atoms with Gasteiger partial charge < -0.3 is 10.2 Å². The van der Waals surface area contributed by atoms with Gasteiger partial charge in [-0.1, -0.05) is 13.8 Å². The first-order valence-corrected chi connectivity index (χ1v) is 7.84. The normalized spacial score (nSPS) is 23.7. The Kier molecular flexibility index (Phi) is 5.22. The van der Waals surface area contributed by atoms with Crippen LogP contribution in [-0.2, 0) is 0 Å². The fraction of sp³-hybridized carbons (Fsp3) is 0.600. The molecule has 0 spiro atoms. The van der Waals surface area contributed by atoms with Crippen LogP contribution in [0.15, 0.2) is 22.7 Å². The number of hydrogen-bond acceptors (Lipinski definition) is 2. The molecule has 1 aliphatic rings. The van der Waals surface area contributed by atoms with E-state index in [1.54, 1.807) is 6.07 Å². The summed E-state index contributed by atoms with van der Waals surface area (Å²) >= 11 is 3.46. The summed E-state index contributed by atoms with van der Waals surface area (Å²) in [6, 6.07) is 5.55. The van der Waals surface area contributed by atoms with Crippen molar-refractivity contribution in [1.82, 2.24) is 5.32 Å². The molecule has 1 aromatic rings. The number of rotatable bonds is 4. The molecule has 0 aliphatic carbocycles. The van der Waals surface area contributed by atoms with Crippen LogP contribution >= 0.6 is 15.9 Å². The molecular formula is C15H22BrFN2. The lowest BCUT2D eigenvalue weighted by molar-refractivity contribution is 0.322. The molecule has 1 heterocycles. The molecule has 1 aliphatic heterocycles. The average molecular weight is 329 g/mol. The lowest BCUT2D eigenvalue weighted by atomic mass is 9.93. The van der Waals surface area contributed by atoms with E-state index in [4.69, 9.17) is 0 Å². The van der Waals surface area contributed by atoms with Crippen molar-refractivity contribution in [1.29, 1.82) is 0 Å². The number of nitrogens with one attached hydrogen (secondary N) is 1. The molecule has 0 amide bonds. The summed E-state index contributed by atoms with van der Waals surface area (Å²) in [5.74, 6) is 0.417. The highest BCUT2D eigenvalue weighted by Gasteiger charge is 2.26. The van der Waals surface area contributed by atoms with Gasteiger partial charge >= 0.3 is 0 Å². The summed E-state index contributed by atoms with van der Waals surface area (Å²) < 4.78 is 14.0. The minimum atomic E-state index is -0.192. The zero-order valence-corrected chi connectivity index (χ0v) is 13.2. The Morgan fingerprint density at radius 1 is 1.47 bits per heavy atom. The third-order valence-electron chi connectivity index (χ3n) is 3.81. The lowest BCUT2D eigenvalue weighted by Crippen LogP contribution is -2.48. The van der Waals surface area contributed by atoms with Crippen molar-refractivity contribution in [2.45, 2.75) is 32.7 Å². The van der Waals surface area contributed by atoms with Gasteiger partial charge in [0.15, 0.2) is 0 Å². The van der Waals surface area contributed by atoms with E-state index in [1.807, 2.05) is 6.07 Å². The number of anilines is 1. The van der Waals surface area contributed by atoms with E-state index >= 15 is 0 Å². The third kappa shape index (κ3) is 3.69. The largest absolute Gasteiger partial charge is 0.370 e. The molecule has 19 heavy (non-hydrogen) atoms. The molecule has 1 N–H and O–H groups in total.